The number of nitro benzene ring substituents is 1. The van der Waals surface area contributed by atoms with Gasteiger partial charge >= 0.3 is 0 Å². The molecule has 1 amide bonds. The number of ether oxygens (including phenoxy) is 1. The first-order valence-electron chi connectivity index (χ1n) is 6.41. The molecule has 1 saturated heterocycles. The number of non-ortho nitro benzene ring substituents is 1. The number of halogens is 1. The molecule has 1 unspecified atom stereocenters. The fourth-order valence-electron chi connectivity index (χ4n) is 2.08. The van der Waals surface area contributed by atoms with E-state index in [1.807, 2.05) is 0 Å². The fourth-order valence-corrected chi connectivity index (χ4v) is 2.08. The summed E-state index contributed by atoms with van der Waals surface area (Å²) in [6.45, 7) is 1.66. The van der Waals surface area contributed by atoms with Crippen LogP contribution in [0, 0.1) is 10.1 Å². The average molecular weight is 316 g/mol. The molecule has 0 saturated carbocycles. The third kappa shape index (κ3) is 4.57. The van der Waals surface area contributed by atoms with Crippen molar-refractivity contribution in [2.75, 3.05) is 26.7 Å². The van der Waals surface area contributed by atoms with Crippen LogP contribution in [0.3, 0.4) is 0 Å². The minimum absolute atomic E-state index is 0. The predicted octanol–water partition coefficient (Wildman–Crippen LogP) is 1.22. The molecule has 0 bridgehead atoms. The number of hydrogen-bond donors (Lipinski definition) is 1. The van der Waals surface area contributed by atoms with E-state index in [0.29, 0.717) is 5.75 Å². The Hall–Kier alpha value is -1.86. The summed E-state index contributed by atoms with van der Waals surface area (Å²) in [5, 5.41) is 13.7. The molecule has 1 aromatic carbocycles. The Morgan fingerprint density at radius 2 is 2.14 bits per heavy atom. The number of nitrogens with one attached hydrogen (secondary N) is 1. The summed E-state index contributed by atoms with van der Waals surface area (Å²) in [6.07, 6.45) is 0.944. The standard InChI is InChI=1S/C13H17N3O4.ClH/c1-15(11-6-7-14-8-11)13(17)9-20-12-4-2-10(3-5-12)16(18)19;/h2-5,11,14H,6-9H2,1H3;1H. The molecule has 2 rings (SSSR count). The van der Waals surface area contributed by atoms with Crippen molar-refractivity contribution in [3.05, 3.63) is 34.4 Å². The molecule has 116 valence electrons. The van der Waals surface area contributed by atoms with Gasteiger partial charge in [-0.15, -0.1) is 12.4 Å². The van der Waals surface area contributed by atoms with Gasteiger partial charge in [-0.25, -0.2) is 0 Å². The Kier molecular flexibility index (Phi) is 6.39. The SMILES string of the molecule is CN(C(=O)COc1ccc([N+](=O)[O-])cc1)C1CCNC1.Cl. The van der Waals surface area contributed by atoms with E-state index in [-0.39, 0.29) is 36.7 Å². The molecule has 1 aliphatic rings. The molecule has 0 spiro atoms. The molecular weight excluding hydrogens is 298 g/mol. The maximum absolute atomic E-state index is 11.9. The van der Waals surface area contributed by atoms with E-state index in [1.165, 1.54) is 24.3 Å². The van der Waals surface area contributed by atoms with Gasteiger partial charge in [0, 0.05) is 31.8 Å². The first-order chi connectivity index (χ1) is 9.58. The number of carbonyl (C=O) groups excluding carboxylic acids is 1. The summed E-state index contributed by atoms with van der Waals surface area (Å²) >= 11 is 0. The van der Waals surface area contributed by atoms with E-state index >= 15 is 0 Å². The van der Waals surface area contributed by atoms with Crippen molar-refractivity contribution in [1.29, 1.82) is 0 Å². The van der Waals surface area contributed by atoms with Gasteiger partial charge in [-0.1, -0.05) is 0 Å². The molecule has 0 aromatic heterocycles. The van der Waals surface area contributed by atoms with E-state index in [1.54, 1.807) is 11.9 Å². The minimum atomic E-state index is -0.476. The Labute approximate surface area is 128 Å². The summed E-state index contributed by atoms with van der Waals surface area (Å²) in [5.74, 6) is 0.346. The lowest BCUT2D eigenvalue weighted by Crippen LogP contribution is -2.40. The number of rotatable bonds is 5. The molecule has 1 N–H and O–H groups in total. The lowest BCUT2D eigenvalue weighted by Gasteiger charge is -2.23. The van der Waals surface area contributed by atoms with Crippen LogP contribution >= 0.6 is 12.4 Å². The van der Waals surface area contributed by atoms with Crippen LogP contribution in [-0.4, -0.2) is 48.5 Å². The highest BCUT2D eigenvalue weighted by Gasteiger charge is 2.23. The second-order valence-corrected chi connectivity index (χ2v) is 4.69. The quantitative estimate of drug-likeness (QED) is 0.652. The second kappa shape index (κ2) is 7.80. The lowest BCUT2D eigenvalue weighted by molar-refractivity contribution is -0.384. The Balaban J connectivity index is 0.00000220. The third-order valence-electron chi connectivity index (χ3n) is 3.39. The zero-order valence-corrected chi connectivity index (χ0v) is 12.5. The number of carbonyl (C=O) groups is 1. The molecule has 7 nitrogen and oxygen atoms in total. The van der Waals surface area contributed by atoms with Crippen molar-refractivity contribution < 1.29 is 14.5 Å². The molecule has 1 aliphatic heterocycles. The number of amides is 1. The van der Waals surface area contributed by atoms with Crippen LogP contribution < -0.4 is 10.1 Å². The molecule has 1 heterocycles. The number of likely N-dealkylation sites (N-methyl/N-ethyl adjacent to an activating group) is 1. The van der Waals surface area contributed by atoms with Gasteiger partial charge in [0.2, 0.25) is 0 Å². The van der Waals surface area contributed by atoms with E-state index in [9.17, 15) is 14.9 Å². The molecular formula is C13H18ClN3O4. The largest absolute Gasteiger partial charge is 0.484 e. The van der Waals surface area contributed by atoms with Crippen molar-refractivity contribution in [2.45, 2.75) is 12.5 Å². The third-order valence-corrected chi connectivity index (χ3v) is 3.39. The van der Waals surface area contributed by atoms with Crippen LogP contribution in [0.15, 0.2) is 24.3 Å². The van der Waals surface area contributed by atoms with Gasteiger partial charge in [0.25, 0.3) is 11.6 Å². The van der Waals surface area contributed by atoms with E-state index in [2.05, 4.69) is 5.32 Å². The van der Waals surface area contributed by atoms with Crippen LogP contribution in [0.5, 0.6) is 5.75 Å². The van der Waals surface area contributed by atoms with Crippen LogP contribution in [-0.2, 0) is 4.79 Å². The van der Waals surface area contributed by atoms with Gasteiger partial charge in [0.1, 0.15) is 5.75 Å². The van der Waals surface area contributed by atoms with Crippen LogP contribution in [0.1, 0.15) is 6.42 Å². The summed E-state index contributed by atoms with van der Waals surface area (Å²) in [7, 11) is 1.76. The number of hydrogen-bond acceptors (Lipinski definition) is 5. The highest BCUT2D eigenvalue weighted by atomic mass is 35.5. The fraction of sp³-hybridized carbons (Fsp3) is 0.462. The van der Waals surface area contributed by atoms with Gasteiger partial charge in [0.05, 0.1) is 4.92 Å². The van der Waals surface area contributed by atoms with Crippen molar-refractivity contribution in [3.8, 4) is 5.75 Å². The Morgan fingerprint density at radius 1 is 1.48 bits per heavy atom. The average Bonchev–Trinajstić information content (AvgIpc) is 2.98. The van der Waals surface area contributed by atoms with Crippen molar-refractivity contribution in [1.82, 2.24) is 10.2 Å². The molecule has 8 heteroatoms. The smallest absolute Gasteiger partial charge is 0.269 e. The van der Waals surface area contributed by atoms with Gasteiger partial charge < -0.3 is 15.0 Å². The predicted molar refractivity (Wildman–Crippen MR) is 79.9 cm³/mol. The van der Waals surface area contributed by atoms with E-state index in [0.717, 1.165) is 19.5 Å². The molecule has 1 aromatic rings. The van der Waals surface area contributed by atoms with Crippen LogP contribution in [0.2, 0.25) is 0 Å². The van der Waals surface area contributed by atoms with Crippen LogP contribution in [0.25, 0.3) is 0 Å². The Morgan fingerprint density at radius 3 is 2.67 bits per heavy atom. The summed E-state index contributed by atoms with van der Waals surface area (Å²) in [6, 6.07) is 5.89. The first-order valence-corrected chi connectivity index (χ1v) is 6.41. The second-order valence-electron chi connectivity index (χ2n) is 4.69. The zero-order valence-electron chi connectivity index (χ0n) is 11.7. The summed E-state index contributed by atoms with van der Waals surface area (Å²) in [5.41, 5.74) is -0.00201. The normalized spacial score (nSPS) is 16.9. The van der Waals surface area contributed by atoms with Crippen LogP contribution in [0.4, 0.5) is 5.69 Å². The number of nitro groups is 1. The number of nitrogens with zero attached hydrogens (tertiary/aromatic N) is 2. The zero-order chi connectivity index (χ0) is 14.5. The molecule has 1 fully saturated rings. The maximum Gasteiger partial charge on any atom is 0.269 e. The highest BCUT2D eigenvalue weighted by Crippen LogP contribution is 2.17. The van der Waals surface area contributed by atoms with Gasteiger partial charge in [-0.3, -0.25) is 14.9 Å². The monoisotopic (exact) mass is 315 g/mol. The van der Waals surface area contributed by atoms with Gasteiger partial charge in [0.15, 0.2) is 6.61 Å². The van der Waals surface area contributed by atoms with Gasteiger partial charge in [-0.05, 0) is 25.1 Å². The topological polar surface area (TPSA) is 84.7 Å². The molecule has 0 radical (unpaired) electrons. The van der Waals surface area contributed by atoms with Gasteiger partial charge in [-0.2, -0.15) is 0 Å². The highest BCUT2D eigenvalue weighted by molar-refractivity contribution is 5.85. The number of benzene rings is 1. The van der Waals surface area contributed by atoms with E-state index in [4.69, 9.17) is 4.74 Å². The molecule has 0 aliphatic carbocycles. The lowest BCUT2D eigenvalue weighted by atomic mass is 10.2. The molecule has 1 atom stereocenters. The Bertz CT molecular complexity index is 489. The van der Waals surface area contributed by atoms with Crippen molar-refractivity contribution in [3.63, 3.8) is 0 Å². The summed E-state index contributed by atoms with van der Waals surface area (Å²) < 4.78 is 5.35. The first kappa shape index (κ1) is 17.2. The summed E-state index contributed by atoms with van der Waals surface area (Å²) in [4.78, 5) is 23.7. The van der Waals surface area contributed by atoms with Crippen molar-refractivity contribution >= 4 is 24.0 Å². The van der Waals surface area contributed by atoms with E-state index < -0.39 is 4.92 Å². The minimum Gasteiger partial charge on any atom is -0.484 e. The molecule has 21 heavy (non-hydrogen) atoms. The van der Waals surface area contributed by atoms with Crippen molar-refractivity contribution in [2.24, 2.45) is 0 Å². The maximum atomic E-state index is 11.9.